The van der Waals surface area contributed by atoms with Crippen molar-refractivity contribution in [1.29, 1.82) is 0 Å². The number of aliphatic carboxylic acids is 1. The van der Waals surface area contributed by atoms with Crippen LogP contribution in [0.1, 0.15) is 12.8 Å². The van der Waals surface area contributed by atoms with E-state index in [-0.39, 0.29) is 6.42 Å². The molecule has 0 aliphatic carbocycles. The zero-order valence-corrected chi connectivity index (χ0v) is 14.5. The molecule has 0 saturated carbocycles. The fourth-order valence-electron chi connectivity index (χ4n) is 2.32. The van der Waals surface area contributed by atoms with Crippen LogP contribution >= 0.6 is 23.3 Å². The Labute approximate surface area is 148 Å². The standard InChI is InChI=1S/C18H17NO3S2/c20-17(21)7-3-11-22-16-10-9-15(13-5-1-2-6-14(13)16)19-24-18-8-4-12-23-18/h1-2,4-6,8-10,12,19H,3,7,11H2,(H,20,21). The minimum absolute atomic E-state index is 0.120. The zero-order valence-electron chi connectivity index (χ0n) is 12.9. The number of carboxylic acids is 1. The van der Waals surface area contributed by atoms with E-state index in [9.17, 15) is 4.79 Å². The molecule has 0 atom stereocenters. The van der Waals surface area contributed by atoms with Crippen LogP contribution in [0.25, 0.3) is 10.8 Å². The van der Waals surface area contributed by atoms with Gasteiger partial charge in [-0.2, -0.15) is 0 Å². The first kappa shape index (κ1) is 16.7. The number of fused-ring (bicyclic) bond motifs is 1. The monoisotopic (exact) mass is 359 g/mol. The average molecular weight is 359 g/mol. The number of hydrogen-bond donors (Lipinski definition) is 2. The molecule has 0 aliphatic heterocycles. The molecule has 4 nitrogen and oxygen atoms in total. The Bertz CT molecular complexity index is 818. The third-order valence-corrected chi connectivity index (χ3v) is 5.29. The molecule has 1 heterocycles. The minimum Gasteiger partial charge on any atom is -0.493 e. The van der Waals surface area contributed by atoms with Gasteiger partial charge in [0.2, 0.25) is 0 Å². The Balaban J connectivity index is 1.75. The summed E-state index contributed by atoms with van der Waals surface area (Å²) in [6.07, 6.45) is 0.618. The number of carbonyl (C=O) groups is 1. The van der Waals surface area contributed by atoms with Crippen molar-refractivity contribution >= 4 is 45.7 Å². The molecule has 0 spiro atoms. The van der Waals surface area contributed by atoms with Gasteiger partial charge in [-0.05, 0) is 41.9 Å². The lowest BCUT2D eigenvalue weighted by Crippen LogP contribution is -2.02. The summed E-state index contributed by atoms with van der Waals surface area (Å²) in [5.41, 5.74) is 1.03. The van der Waals surface area contributed by atoms with E-state index in [0.29, 0.717) is 13.0 Å². The van der Waals surface area contributed by atoms with E-state index >= 15 is 0 Å². The quantitative estimate of drug-likeness (QED) is 0.424. The van der Waals surface area contributed by atoms with Gasteiger partial charge >= 0.3 is 5.97 Å². The number of ether oxygens (including phenoxy) is 1. The molecule has 0 unspecified atom stereocenters. The number of nitrogens with one attached hydrogen (secondary N) is 1. The predicted molar refractivity (Wildman–Crippen MR) is 100 cm³/mol. The maximum absolute atomic E-state index is 10.6. The highest BCUT2D eigenvalue weighted by molar-refractivity contribution is 8.02. The molecule has 3 aromatic rings. The first-order valence-electron chi connectivity index (χ1n) is 7.57. The van der Waals surface area contributed by atoms with Crippen molar-refractivity contribution in [1.82, 2.24) is 0 Å². The second-order valence-corrected chi connectivity index (χ2v) is 7.19. The molecule has 0 fully saturated rings. The number of thiophene rings is 1. The largest absolute Gasteiger partial charge is 0.493 e. The van der Waals surface area contributed by atoms with Gasteiger partial charge in [0.25, 0.3) is 0 Å². The molecule has 124 valence electrons. The number of carboxylic acid groups (broad SMARTS) is 1. The van der Waals surface area contributed by atoms with Gasteiger partial charge in [-0.3, -0.25) is 4.79 Å². The Morgan fingerprint density at radius 1 is 1.12 bits per heavy atom. The van der Waals surface area contributed by atoms with Gasteiger partial charge < -0.3 is 14.6 Å². The Morgan fingerprint density at radius 3 is 2.71 bits per heavy atom. The minimum atomic E-state index is -0.798. The highest BCUT2D eigenvalue weighted by atomic mass is 32.2. The SMILES string of the molecule is O=C(O)CCCOc1ccc(NSc2cccs2)c2ccccc12. The van der Waals surface area contributed by atoms with Crippen LogP contribution in [0.2, 0.25) is 0 Å². The summed E-state index contributed by atoms with van der Waals surface area (Å²) in [4.78, 5) is 10.6. The van der Waals surface area contributed by atoms with E-state index in [1.165, 1.54) is 4.21 Å². The predicted octanol–water partition coefficient (Wildman–Crippen LogP) is 5.26. The number of rotatable bonds is 8. The van der Waals surface area contributed by atoms with Crippen molar-refractivity contribution in [3.63, 3.8) is 0 Å². The second kappa shape index (κ2) is 8.08. The molecule has 2 aromatic carbocycles. The topological polar surface area (TPSA) is 58.6 Å². The van der Waals surface area contributed by atoms with Crippen molar-refractivity contribution in [2.75, 3.05) is 11.3 Å². The third kappa shape index (κ3) is 4.21. The van der Waals surface area contributed by atoms with Crippen LogP contribution in [0, 0.1) is 0 Å². The maximum atomic E-state index is 10.6. The van der Waals surface area contributed by atoms with Crippen LogP contribution in [-0.2, 0) is 4.79 Å². The molecule has 0 radical (unpaired) electrons. The van der Waals surface area contributed by atoms with Crippen molar-refractivity contribution in [2.24, 2.45) is 0 Å². The third-order valence-electron chi connectivity index (χ3n) is 3.43. The van der Waals surface area contributed by atoms with Crippen molar-refractivity contribution in [3.05, 3.63) is 53.9 Å². The van der Waals surface area contributed by atoms with E-state index in [1.807, 2.05) is 36.4 Å². The van der Waals surface area contributed by atoms with E-state index < -0.39 is 5.97 Å². The maximum Gasteiger partial charge on any atom is 0.303 e. The van der Waals surface area contributed by atoms with Crippen LogP contribution in [0.15, 0.2) is 58.1 Å². The normalized spacial score (nSPS) is 10.7. The molecule has 3 rings (SSSR count). The molecule has 0 amide bonds. The Hall–Kier alpha value is -2.18. The molecular formula is C18H17NO3S2. The van der Waals surface area contributed by atoms with E-state index in [4.69, 9.17) is 9.84 Å². The first-order chi connectivity index (χ1) is 11.7. The number of hydrogen-bond acceptors (Lipinski definition) is 5. The number of anilines is 1. The van der Waals surface area contributed by atoms with E-state index in [0.717, 1.165) is 22.2 Å². The molecule has 0 saturated heterocycles. The summed E-state index contributed by atoms with van der Waals surface area (Å²) in [6, 6.07) is 16.1. The molecule has 24 heavy (non-hydrogen) atoms. The van der Waals surface area contributed by atoms with Crippen LogP contribution in [-0.4, -0.2) is 17.7 Å². The lowest BCUT2D eigenvalue weighted by atomic mass is 10.1. The van der Waals surface area contributed by atoms with Crippen molar-refractivity contribution < 1.29 is 14.6 Å². The molecule has 0 bridgehead atoms. The lowest BCUT2D eigenvalue weighted by Gasteiger charge is -2.13. The summed E-state index contributed by atoms with van der Waals surface area (Å²) in [6.45, 7) is 0.396. The second-order valence-electron chi connectivity index (χ2n) is 5.14. The molecule has 0 aliphatic rings. The summed E-state index contributed by atoms with van der Waals surface area (Å²) < 4.78 is 10.4. The lowest BCUT2D eigenvalue weighted by molar-refractivity contribution is -0.137. The summed E-state index contributed by atoms with van der Waals surface area (Å²) in [7, 11) is 0. The van der Waals surface area contributed by atoms with Gasteiger partial charge in [0.1, 0.15) is 5.75 Å². The molecule has 6 heteroatoms. The van der Waals surface area contributed by atoms with Crippen molar-refractivity contribution in [2.45, 2.75) is 17.1 Å². The summed E-state index contributed by atoms with van der Waals surface area (Å²) in [5.74, 6) is -0.0173. The van der Waals surface area contributed by atoms with Gasteiger partial charge in [-0.15, -0.1) is 11.3 Å². The fourth-order valence-corrected chi connectivity index (χ4v) is 3.79. The number of benzene rings is 2. The fraction of sp³-hybridized carbons (Fsp3) is 0.167. The van der Waals surface area contributed by atoms with Gasteiger partial charge in [-0.1, -0.05) is 30.3 Å². The molecule has 1 aromatic heterocycles. The average Bonchev–Trinajstić information content (AvgIpc) is 3.11. The van der Waals surface area contributed by atoms with Gasteiger partial charge in [0.15, 0.2) is 0 Å². The molecular weight excluding hydrogens is 342 g/mol. The first-order valence-corrected chi connectivity index (χ1v) is 9.26. The van der Waals surface area contributed by atoms with E-state index in [1.54, 1.807) is 23.3 Å². The van der Waals surface area contributed by atoms with Crippen molar-refractivity contribution in [3.8, 4) is 5.75 Å². The van der Waals surface area contributed by atoms with Gasteiger partial charge in [-0.25, -0.2) is 0 Å². The van der Waals surface area contributed by atoms with E-state index in [2.05, 4.69) is 22.2 Å². The van der Waals surface area contributed by atoms with Crippen LogP contribution in [0.3, 0.4) is 0 Å². The Morgan fingerprint density at radius 2 is 1.96 bits per heavy atom. The van der Waals surface area contributed by atoms with Crippen LogP contribution in [0.4, 0.5) is 5.69 Å². The Kier molecular flexibility index (Phi) is 5.61. The summed E-state index contributed by atoms with van der Waals surface area (Å²) in [5, 5.41) is 12.8. The van der Waals surface area contributed by atoms with Crippen LogP contribution in [0.5, 0.6) is 5.75 Å². The highest BCUT2D eigenvalue weighted by Gasteiger charge is 2.08. The summed E-state index contributed by atoms with van der Waals surface area (Å²) >= 11 is 3.28. The molecule has 2 N–H and O–H groups in total. The smallest absolute Gasteiger partial charge is 0.303 e. The zero-order chi connectivity index (χ0) is 16.8. The van der Waals surface area contributed by atoms with Gasteiger partial charge in [0.05, 0.1) is 16.5 Å². The highest BCUT2D eigenvalue weighted by Crippen LogP contribution is 2.34. The van der Waals surface area contributed by atoms with Gasteiger partial charge in [0, 0.05) is 17.2 Å². The van der Waals surface area contributed by atoms with Crippen LogP contribution < -0.4 is 9.46 Å².